The number of rotatable bonds is 5. The lowest BCUT2D eigenvalue weighted by atomic mass is 9.83. The van der Waals surface area contributed by atoms with Gasteiger partial charge in [-0.2, -0.15) is 0 Å². The third-order valence-corrected chi connectivity index (χ3v) is 5.96. The molecule has 6 heteroatoms. The van der Waals surface area contributed by atoms with Crippen molar-refractivity contribution in [1.29, 1.82) is 0 Å². The van der Waals surface area contributed by atoms with Crippen LogP contribution in [0.4, 0.5) is 5.69 Å². The molecule has 2 aromatic rings. The molecule has 0 radical (unpaired) electrons. The van der Waals surface area contributed by atoms with Crippen LogP contribution in [0.1, 0.15) is 42.9 Å². The van der Waals surface area contributed by atoms with Crippen molar-refractivity contribution in [3.63, 3.8) is 0 Å². The maximum Gasteiger partial charge on any atom is 0.250 e. The van der Waals surface area contributed by atoms with Crippen LogP contribution in [0.25, 0.3) is 0 Å². The minimum absolute atomic E-state index is 0.0524. The van der Waals surface area contributed by atoms with E-state index in [2.05, 4.69) is 5.32 Å². The number of carbonyl (C=O) groups excluding carboxylic acids is 2. The van der Waals surface area contributed by atoms with Gasteiger partial charge in [0.05, 0.1) is 0 Å². The molecule has 2 atom stereocenters. The number of nitrogens with zero attached hydrogens (tertiary/aromatic N) is 2. The fraction of sp³-hybridized carbons (Fsp3) is 0.435. The van der Waals surface area contributed by atoms with Gasteiger partial charge in [0.1, 0.15) is 0 Å². The molecule has 29 heavy (non-hydrogen) atoms. The molecule has 6 nitrogen and oxygen atoms in total. The van der Waals surface area contributed by atoms with Gasteiger partial charge >= 0.3 is 0 Å². The number of likely N-dealkylation sites (tertiary alicyclic amines) is 1. The molecule has 1 saturated heterocycles. The van der Waals surface area contributed by atoms with Crippen LogP contribution in [0.3, 0.4) is 0 Å². The van der Waals surface area contributed by atoms with Crippen LogP contribution in [0.15, 0.2) is 47.3 Å². The number of piperidine rings is 1. The molecule has 2 amide bonds. The number of hydrogen-bond donors (Lipinski definition) is 1. The minimum Gasteiger partial charge on any atom is -0.342 e. The van der Waals surface area contributed by atoms with Crippen molar-refractivity contribution in [2.45, 2.75) is 45.1 Å². The zero-order chi connectivity index (χ0) is 20.4. The van der Waals surface area contributed by atoms with E-state index in [0.29, 0.717) is 44.8 Å². The summed E-state index contributed by atoms with van der Waals surface area (Å²) in [5.74, 6) is 0.598. The Morgan fingerprint density at radius 3 is 2.62 bits per heavy atom. The van der Waals surface area contributed by atoms with Crippen LogP contribution >= 0.6 is 0 Å². The number of benzene rings is 1. The first-order valence-electron chi connectivity index (χ1n) is 10.3. The van der Waals surface area contributed by atoms with Crippen molar-refractivity contribution in [2.75, 3.05) is 18.4 Å². The SMILES string of the molecule is Cc1ccc(NC(=O)CCCC(=O)N2C[C@@H]3C[C@H](C2)c2cccc(=O)n2C3)cc1. The van der Waals surface area contributed by atoms with Gasteiger partial charge in [-0.25, -0.2) is 0 Å². The zero-order valence-electron chi connectivity index (χ0n) is 16.8. The van der Waals surface area contributed by atoms with Crippen molar-refractivity contribution >= 4 is 17.5 Å². The summed E-state index contributed by atoms with van der Waals surface area (Å²) in [7, 11) is 0. The molecule has 2 aliphatic heterocycles. The van der Waals surface area contributed by atoms with E-state index in [9.17, 15) is 14.4 Å². The van der Waals surface area contributed by atoms with Crippen LogP contribution in [-0.2, 0) is 16.1 Å². The Balaban J connectivity index is 1.28. The Bertz CT molecular complexity index is 964. The molecule has 3 heterocycles. The Morgan fingerprint density at radius 2 is 1.83 bits per heavy atom. The van der Waals surface area contributed by atoms with Gasteiger partial charge < -0.3 is 14.8 Å². The topological polar surface area (TPSA) is 71.4 Å². The summed E-state index contributed by atoms with van der Waals surface area (Å²) < 4.78 is 1.87. The van der Waals surface area contributed by atoms with Gasteiger partial charge in [0.2, 0.25) is 11.8 Å². The van der Waals surface area contributed by atoms with E-state index in [1.165, 1.54) is 0 Å². The lowest BCUT2D eigenvalue weighted by Crippen LogP contribution is -2.49. The van der Waals surface area contributed by atoms with Gasteiger partial charge in [0, 0.05) is 55.8 Å². The van der Waals surface area contributed by atoms with E-state index in [4.69, 9.17) is 0 Å². The van der Waals surface area contributed by atoms with E-state index in [-0.39, 0.29) is 23.3 Å². The summed E-state index contributed by atoms with van der Waals surface area (Å²) in [6.45, 7) is 4.05. The highest BCUT2D eigenvalue weighted by molar-refractivity contribution is 5.91. The largest absolute Gasteiger partial charge is 0.342 e. The fourth-order valence-corrected chi connectivity index (χ4v) is 4.52. The molecule has 1 aromatic heterocycles. The van der Waals surface area contributed by atoms with E-state index < -0.39 is 0 Å². The summed E-state index contributed by atoms with van der Waals surface area (Å²) >= 11 is 0. The second kappa shape index (κ2) is 8.23. The first kappa shape index (κ1) is 19.4. The zero-order valence-corrected chi connectivity index (χ0v) is 16.8. The van der Waals surface area contributed by atoms with Crippen LogP contribution in [0.5, 0.6) is 0 Å². The highest BCUT2D eigenvalue weighted by Crippen LogP contribution is 2.35. The number of hydrogen-bond acceptors (Lipinski definition) is 3. The van der Waals surface area contributed by atoms with Gasteiger partial charge in [-0.3, -0.25) is 14.4 Å². The number of amides is 2. The Labute approximate surface area is 170 Å². The number of nitrogens with one attached hydrogen (secondary N) is 1. The molecule has 152 valence electrons. The molecule has 0 spiro atoms. The number of fused-ring (bicyclic) bond motifs is 4. The number of pyridine rings is 1. The Morgan fingerprint density at radius 1 is 1.03 bits per heavy atom. The number of aromatic nitrogens is 1. The standard InChI is InChI=1S/C23H27N3O3/c1-16-8-10-19(11-9-16)24-21(27)5-3-6-22(28)25-13-17-12-18(15-25)20-4-2-7-23(29)26(20)14-17/h2,4,7-11,17-18H,3,5-6,12-15H2,1H3,(H,24,27)/t17-,18+/m0/s1. The molecule has 0 saturated carbocycles. The summed E-state index contributed by atoms with van der Waals surface area (Å²) in [5.41, 5.74) is 3.03. The highest BCUT2D eigenvalue weighted by Gasteiger charge is 2.35. The average molecular weight is 393 g/mol. The van der Waals surface area contributed by atoms with Crippen LogP contribution in [0, 0.1) is 12.8 Å². The fourth-order valence-electron chi connectivity index (χ4n) is 4.52. The minimum atomic E-state index is -0.0644. The molecular formula is C23H27N3O3. The smallest absolute Gasteiger partial charge is 0.250 e. The molecule has 1 N–H and O–H groups in total. The van der Waals surface area contributed by atoms with Gasteiger partial charge in [-0.1, -0.05) is 23.8 Å². The van der Waals surface area contributed by atoms with Gasteiger partial charge in [-0.05, 0) is 43.9 Å². The maximum absolute atomic E-state index is 12.7. The lowest BCUT2D eigenvalue weighted by molar-refractivity contribution is -0.134. The molecule has 1 aromatic carbocycles. The van der Waals surface area contributed by atoms with Crippen molar-refractivity contribution in [3.05, 3.63) is 64.1 Å². The summed E-state index contributed by atoms with van der Waals surface area (Å²) in [5, 5.41) is 2.87. The number of anilines is 1. The summed E-state index contributed by atoms with van der Waals surface area (Å²) in [6, 6.07) is 13.1. The highest BCUT2D eigenvalue weighted by atomic mass is 16.2. The quantitative estimate of drug-likeness (QED) is 0.849. The van der Waals surface area contributed by atoms with Gasteiger partial charge in [0.15, 0.2) is 0 Å². The molecule has 0 unspecified atom stereocenters. The molecule has 4 rings (SSSR count). The van der Waals surface area contributed by atoms with Gasteiger partial charge in [0.25, 0.3) is 5.56 Å². The second-order valence-corrected chi connectivity index (χ2v) is 8.26. The predicted octanol–water partition coefficient (Wildman–Crippen LogP) is 2.91. The summed E-state index contributed by atoms with van der Waals surface area (Å²) in [6.07, 6.45) is 2.28. The van der Waals surface area contributed by atoms with Crippen molar-refractivity contribution < 1.29 is 9.59 Å². The van der Waals surface area contributed by atoms with Gasteiger partial charge in [-0.15, -0.1) is 0 Å². The normalized spacial score (nSPS) is 20.1. The maximum atomic E-state index is 12.7. The second-order valence-electron chi connectivity index (χ2n) is 8.26. The number of aryl methyl sites for hydroxylation is 1. The third-order valence-electron chi connectivity index (χ3n) is 5.96. The first-order valence-corrected chi connectivity index (χ1v) is 10.3. The van der Waals surface area contributed by atoms with Crippen LogP contribution in [-0.4, -0.2) is 34.4 Å². The van der Waals surface area contributed by atoms with Crippen molar-refractivity contribution in [2.24, 2.45) is 5.92 Å². The van der Waals surface area contributed by atoms with Crippen LogP contribution < -0.4 is 10.9 Å². The molecule has 2 bridgehead atoms. The van der Waals surface area contributed by atoms with E-state index >= 15 is 0 Å². The number of carbonyl (C=O) groups is 2. The molecule has 1 fully saturated rings. The first-order chi connectivity index (χ1) is 14.0. The Hall–Kier alpha value is -2.89. The van der Waals surface area contributed by atoms with E-state index in [1.807, 2.05) is 52.8 Å². The Kier molecular flexibility index (Phi) is 5.51. The molecule has 0 aliphatic carbocycles. The predicted molar refractivity (Wildman–Crippen MR) is 112 cm³/mol. The lowest BCUT2D eigenvalue weighted by Gasteiger charge is -2.42. The third kappa shape index (κ3) is 4.42. The van der Waals surface area contributed by atoms with Crippen molar-refractivity contribution in [3.8, 4) is 0 Å². The van der Waals surface area contributed by atoms with Crippen LogP contribution in [0.2, 0.25) is 0 Å². The van der Waals surface area contributed by atoms with E-state index in [1.54, 1.807) is 6.07 Å². The summed E-state index contributed by atoms with van der Waals surface area (Å²) in [4.78, 5) is 38.9. The molecular weight excluding hydrogens is 366 g/mol. The van der Waals surface area contributed by atoms with E-state index in [0.717, 1.165) is 23.4 Å². The van der Waals surface area contributed by atoms with Crippen molar-refractivity contribution in [1.82, 2.24) is 9.47 Å². The molecule has 2 aliphatic rings. The monoisotopic (exact) mass is 393 g/mol. The average Bonchev–Trinajstić information content (AvgIpc) is 2.70.